The Labute approximate surface area is 212 Å². The van der Waals surface area contributed by atoms with Gasteiger partial charge in [0.05, 0.1) is 4.90 Å². The monoisotopic (exact) mass is 518 g/mol. The second kappa shape index (κ2) is 11.3. The molecule has 3 N–H and O–H groups in total. The number of carbonyl (C=O) groups is 2. The van der Waals surface area contributed by atoms with Gasteiger partial charge in [-0.1, -0.05) is 30.3 Å². The number of aliphatic carboxylic acids is 1. The van der Waals surface area contributed by atoms with Gasteiger partial charge >= 0.3 is 12.1 Å². The number of hydrogen-bond acceptors (Lipinski definition) is 7. The summed E-state index contributed by atoms with van der Waals surface area (Å²) in [5, 5.41) is 21.1. The topological polar surface area (TPSA) is 133 Å². The van der Waals surface area contributed by atoms with Gasteiger partial charge in [-0.25, -0.2) is 13.2 Å². The fourth-order valence-corrected chi connectivity index (χ4v) is 6.17. The highest BCUT2D eigenvalue weighted by Crippen LogP contribution is 2.29. The van der Waals surface area contributed by atoms with Crippen molar-refractivity contribution in [2.45, 2.75) is 61.9 Å². The average Bonchev–Trinajstić information content (AvgIpc) is 2.82. The van der Waals surface area contributed by atoms with Gasteiger partial charge < -0.3 is 19.8 Å². The predicted molar refractivity (Wildman–Crippen MR) is 134 cm³/mol. The van der Waals surface area contributed by atoms with Crippen LogP contribution in [0.4, 0.5) is 4.79 Å². The number of carbonyl (C=O) groups excluding carboxylic acids is 1. The molecule has 1 fully saturated rings. The third kappa shape index (κ3) is 7.20. The van der Waals surface area contributed by atoms with E-state index in [-0.39, 0.29) is 23.6 Å². The van der Waals surface area contributed by atoms with Crippen LogP contribution >= 0.6 is 0 Å². The molecule has 1 aliphatic rings. The molecule has 10 heteroatoms. The van der Waals surface area contributed by atoms with Crippen LogP contribution in [-0.2, 0) is 25.8 Å². The Hall–Kier alpha value is -3.11. The van der Waals surface area contributed by atoms with E-state index in [2.05, 4.69) is 5.32 Å². The summed E-state index contributed by atoms with van der Waals surface area (Å²) in [5.74, 6) is -1.71. The normalized spacial score (nSPS) is 18.3. The minimum Gasteiger partial charge on any atom is -0.508 e. The van der Waals surface area contributed by atoms with Gasteiger partial charge in [-0.3, -0.25) is 10.1 Å². The second-order valence-electron chi connectivity index (χ2n) is 10.0. The van der Waals surface area contributed by atoms with Crippen LogP contribution in [0.15, 0.2) is 59.5 Å². The minimum absolute atomic E-state index is 0.0128. The molecule has 1 amide bonds. The summed E-state index contributed by atoms with van der Waals surface area (Å²) in [6.07, 6.45) is 0.539. The maximum absolute atomic E-state index is 13.8. The smallest absolute Gasteiger partial charge is 0.410 e. The van der Waals surface area contributed by atoms with Crippen LogP contribution < -0.4 is 5.32 Å². The van der Waals surface area contributed by atoms with Crippen LogP contribution in [0.5, 0.6) is 5.75 Å². The van der Waals surface area contributed by atoms with Gasteiger partial charge in [0.25, 0.3) is 0 Å². The molecule has 1 aliphatic heterocycles. The van der Waals surface area contributed by atoms with Crippen molar-refractivity contribution in [1.29, 1.82) is 0 Å². The summed E-state index contributed by atoms with van der Waals surface area (Å²) >= 11 is 0. The highest BCUT2D eigenvalue weighted by Gasteiger charge is 2.41. The number of carboxylic acid groups (broad SMARTS) is 1. The molecule has 1 heterocycles. The van der Waals surface area contributed by atoms with Crippen LogP contribution in [0.25, 0.3) is 0 Å². The van der Waals surface area contributed by atoms with Crippen molar-refractivity contribution >= 4 is 21.9 Å². The van der Waals surface area contributed by atoms with E-state index in [0.717, 1.165) is 0 Å². The largest absolute Gasteiger partial charge is 0.508 e. The first-order valence-corrected chi connectivity index (χ1v) is 13.4. The fraction of sp³-hybridized carbons (Fsp3) is 0.462. The first-order valence-electron chi connectivity index (χ1n) is 11.9. The zero-order valence-corrected chi connectivity index (χ0v) is 21.6. The molecule has 9 nitrogen and oxygen atoms in total. The highest BCUT2D eigenvalue weighted by molar-refractivity contribution is 7.92. The second-order valence-corrected chi connectivity index (χ2v) is 12.1. The third-order valence-corrected chi connectivity index (χ3v) is 8.10. The maximum atomic E-state index is 13.8. The zero-order valence-electron chi connectivity index (χ0n) is 20.8. The van der Waals surface area contributed by atoms with Crippen LogP contribution in [0.2, 0.25) is 0 Å². The number of ether oxygens (including phenoxy) is 1. The Morgan fingerprint density at radius 1 is 1.11 bits per heavy atom. The van der Waals surface area contributed by atoms with Crippen molar-refractivity contribution in [2.24, 2.45) is 5.92 Å². The molecule has 1 saturated heterocycles. The quantitative estimate of drug-likeness (QED) is 0.484. The third-order valence-electron chi connectivity index (χ3n) is 5.98. The van der Waals surface area contributed by atoms with E-state index in [1.165, 1.54) is 29.2 Å². The SMILES string of the molecule is CC(C)(C)OC(=O)N1CCCC(C(N[C@@H](Cc2ccc(O)cc2)C(=O)O)S(=O)(=O)c2ccccc2)C1. The molecular formula is C26H34N2O7S. The van der Waals surface area contributed by atoms with E-state index < -0.39 is 44.8 Å². The Balaban J connectivity index is 1.92. The lowest BCUT2D eigenvalue weighted by atomic mass is 9.97. The molecule has 2 aromatic carbocycles. The number of phenolic OH excluding ortho intramolecular Hbond substituents is 1. The lowest BCUT2D eigenvalue weighted by molar-refractivity contribution is -0.139. The van der Waals surface area contributed by atoms with Crippen molar-refractivity contribution in [3.05, 3.63) is 60.2 Å². The highest BCUT2D eigenvalue weighted by atomic mass is 32.2. The zero-order chi connectivity index (χ0) is 26.5. The summed E-state index contributed by atoms with van der Waals surface area (Å²) < 4.78 is 33.0. The van der Waals surface area contributed by atoms with E-state index >= 15 is 0 Å². The summed E-state index contributed by atoms with van der Waals surface area (Å²) in [6.45, 7) is 5.83. The number of sulfone groups is 1. The van der Waals surface area contributed by atoms with Gasteiger partial charge in [-0.2, -0.15) is 0 Å². The minimum atomic E-state index is -4.01. The van der Waals surface area contributed by atoms with Gasteiger partial charge in [-0.05, 0) is 69.9 Å². The Bertz CT molecular complexity index is 1150. The number of aromatic hydroxyl groups is 1. The van der Waals surface area contributed by atoms with E-state index in [9.17, 15) is 28.2 Å². The Morgan fingerprint density at radius 2 is 1.75 bits per heavy atom. The summed E-state index contributed by atoms with van der Waals surface area (Å²) in [7, 11) is -4.01. The predicted octanol–water partition coefficient (Wildman–Crippen LogP) is 3.42. The number of benzene rings is 2. The maximum Gasteiger partial charge on any atom is 0.410 e. The molecule has 2 aromatic rings. The first-order chi connectivity index (χ1) is 16.9. The number of nitrogens with zero attached hydrogens (tertiary/aromatic N) is 1. The van der Waals surface area contributed by atoms with Crippen molar-refractivity contribution in [2.75, 3.05) is 13.1 Å². The summed E-state index contributed by atoms with van der Waals surface area (Å²) in [6, 6.07) is 12.8. The molecule has 196 valence electrons. The molecule has 2 unspecified atom stereocenters. The van der Waals surface area contributed by atoms with Gasteiger partial charge in [0.15, 0.2) is 9.84 Å². The molecule has 0 saturated carbocycles. The summed E-state index contributed by atoms with van der Waals surface area (Å²) in [4.78, 5) is 26.5. The molecule has 0 aliphatic carbocycles. The first kappa shape index (κ1) is 27.5. The molecule has 0 bridgehead atoms. The number of phenols is 1. The molecular weight excluding hydrogens is 484 g/mol. The standard InChI is InChI=1S/C26H34N2O7S/c1-26(2,3)35-25(32)28-15-7-8-19(17-28)23(36(33,34)21-9-5-4-6-10-21)27-22(24(30)31)16-18-11-13-20(29)14-12-18/h4-6,9-14,19,22-23,27,29H,7-8,15-17H2,1-3H3,(H,30,31)/t19?,22-,23?/m0/s1. The van der Waals surface area contributed by atoms with Crippen LogP contribution in [0.3, 0.4) is 0 Å². The van der Waals surface area contributed by atoms with E-state index in [1.54, 1.807) is 51.1 Å². The lowest BCUT2D eigenvalue weighted by Crippen LogP contribution is -2.55. The lowest BCUT2D eigenvalue weighted by Gasteiger charge is -2.38. The van der Waals surface area contributed by atoms with Gasteiger partial charge in [0.1, 0.15) is 22.8 Å². The number of rotatable bonds is 8. The molecule has 0 radical (unpaired) electrons. The van der Waals surface area contributed by atoms with E-state index in [1.807, 2.05) is 0 Å². The number of amides is 1. The molecule has 0 aromatic heterocycles. The van der Waals surface area contributed by atoms with Crippen LogP contribution in [-0.4, -0.2) is 65.7 Å². The van der Waals surface area contributed by atoms with Crippen LogP contribution in [0.1, 0.15) is 39.2 Å². The van der Waals surface area contributed by atoms with Gasteiger partial charge in [-0.15, -0.1) is 0 Å². The van der Waals surface area contributed by atoms with Gasteiger partial charge in [0.2, 0.25) is 0 Å². The number of carboxylic acids is 1. The molecule has 3 atom stereocenters. The molecule has 3 rings (SSSR count). The van der Waals surface area contributed by atoms with E-state index in [4.69, 9.17) is 4.74 Å². The van der Waals surface area contributed by atoms with E-state index in [0.29, 0.717) is 24.9 Å². The van der Waals surface area contributed by atoms with Crippen molar-refractivity contribution in [3.63, 3.8) is 0 Å². The fourth-order valence-electron chi connectivity index (χ4n) is 4.27. The van der Waals surface area contributed by atoms with Gasteiger partial charge in [0, 0.05) is 19.0 Å². The molecule has 0 spiro atoms. The Kier molecular flexibility index (Phi) is 8.63. The number of hydrogen-bond donors (Lipinski definition) is 3. The van der Waals surface area contributed by atoms with Crippen molar-refractivity contribution < 1.29 is 33.0 Å². The summed E-state index contributed by atoms with van der Waals surface area (Å²) in [5.41, 5.74) is -0.0707. The number of likely N-dealkylation sites (tertiary alicyclic amines) is 1. The molecule has 36 heavy (non-hydrogen) atoms. The number of piperidine rings is 1. The number of nitrogens with one attached hydrogen (secondary N) is 1. The van der Waals surface area contributed by atoms with Crippen LogP contribution in [0, 0.1) is 5.92 Å². The average molecular weight is 519 g/mol. The van der Waals surface area contributed by atoms with Crippen molar-refractivity contribution in [3.8, 4) is 5.75 Å². The van der Waals surface area contributed by atoms with Crippen molar-refractivity contribution in [1.82, 2.24) is 10.2 Å². The Morgan fingerprint density at radius 3 is 2.33 bits per heavy atom.